The Morgan fingerprint density at radius 3 is 2.72 bits per heavy atom. The number of alkyl carbamates (subject to hydrolysis) is 1. The molecule has 5 nitrogen and oxygen atoms in total. The van der Waals surface area contributed by atoms with Gasteiger partial charge in [0.2, 0.25) is 0 Å². The largest absolute Gasteiger partial charge is 0.480 e. The quantitative estimate of drug-likeness (QED) is 0.708. The molecule has 0 saturated heterocycles. The number of thioether (sulfide) groups is 1. The molecule has 1 atom stereocenters. The summed E-state index contributed by atoms with van der Waals surface area (Å²) in [5.41, 5.74) is 5.76. The average molecular weight is 357 g/mol. The lowest BCUT2D eigenvalue weighted by Gasteiger charge is -2.14. The normalized spacial score (nSPS) is 12.8. The van der Waals surface area contributed by atoms with Crippen LogP contribution in [-0.2, 0) is 22.6 Å². The van der Waals surface area contributed by atoms with Crippen LogP contribution in [0.3, 0.4) is 0 Å². The number of carbonyl (C=O) groups is 2. The lowest BCUT2D eigenvalue weighted by atomic mass is 10.0. The molecule has 25 heavy (non-hydrogen) atoms. The van der Waals surface area contributed by atoms with Crippen molar-refractivity contribution in [1.29, 1.82) is 0 Å². The number of hydrogen-bond acceptors (Lipinski definition) is 4. The fourth-order valence-electron chi connectivity index (χ4n) is 3.03. The molecule has 0 aromatic heterocycles. The van der Waals surface area contributed by atoms with Crippen LogP contribution in [0.4, 0.5) is 4.79 Å². The van der Waals surface area contributed by atoms with E-state index in [1.807, 2.05) is 24.3 Å². The second kappa shape index (κ2) is 7.61. The summed E-state index contributed by atoms with van der Waals surface area (Å²) in [5, 5.41) is 11.5. The summed E-state index contributed by atoms with van der Waals surface area (Å²) >= 11 is 1.35. The van der Waals surface area contributed by atoms with E-state index < -0.39 is 18.1 Å². The zero-order valence-electron chi connectivity index (χ0n) is 13.8. The molecule has 0 fully saturated rings. The van der Waals surface area contributed by atoms with Gasteiger partial charge in [0.25, 0.3) is 0 Å². The van der Waals surface area contributed by atoms with Crippen molar-refractivity contribution in [2.24, 2.45) is 0 Å². The summed E-state index contributed by atoms with van der Waals surface area (Å²) in [7, 11) is 0. The molecular weight excluding hydrogens is 338 g/mol. The van der Waals surface area contributed by atoms with Crippen molar-refractivity contribution in [3.05, 3.63) is 59.2 Å². The van der Waals surface area contributed by atoms with E-state index in [2.05, 4.69) is 23.5 Å². The second-order valence-electron chi connectivity index (χ2n) is 5.84. The Bertz CT molecular complexity index is 806. The molecule has 0 bridgehead atoms. The highest BCUT2D eigenvalue weighted by atomic mass is 32.2. The van der Waals surface area contributed by atoms with Gasteiger partial charge in [-0.2, -0.15) is 11.8 Å². The third-order valence-corrected chi connectivity index (χ3v) is 4.90. The van der Waals surface area contributed by atoms with Crippen molar-refractivity contribution >= 4 is 23.8 Å². The summed E-state index contributed by atoms with van der Waals surface area (Å²) in [5.74, 6) is -0.775. The van der Waals surface area contributed by atoms with Crippen LogP contribution in [-0.4, -0.2) is 35.2 Å². The monoisotopic (exact) mass is 357 g/mol. The van der Waals surface area contributed by atoms with Gasteiger partial charge < -0.3 is 15.2 Å². The first-order valence-electron chi connectivity index (χ1n) is 7.94. The number of amides is 1. The van der Waals surface area contributed by atoms with E-state index in [1.165, 1.54) is 28.5 Å². The molecule has 0 saturated carbocycles. The summed E-state index contributed by atoms with van der Waals surface area (Å²) in [6.07, 6.45) is 1.89. The highest BCUT2D eigenvalue weighted by Crippen LogP contribution is 2.38. The van der Waals surface area contributed by atoms with Crippen molar-refractivity contribution in [3.8, 4) is 11.1 Å². The molecular formula is C19H19NO4S. The van der Waals surface area contributed by atoms with Crippen LogP contribution >= 0.6 is 11.8 Å². The second-order valence-corrected chi connectivity index (χ2v) is 6.75. The molecule has 2 aromatic rings. The third-order valence-electron chi connectivity index (χ3n) is 4.23. The zero-order chi connectivity index (χ0) is 17.8. The summed E-state index contributed by atoms with van der Waals surface area (Å²) < 4.78 is 5.26. The van der Waals surface area contributed by atoms with Crippen molar-refractivity contribution in [1.82, 2.24) is 5.32 Å². The van der Waals surface area contributed by atoms with Crippen LogP contribution in [0.2, 0.25) is 0 Å². The first-order valence-corrected chi connectivity index (χ1v) is 9.33. The molecule has 1 aliphatic rings. The van der Waals surface area contributed by atoms with Crippen LogP contribution in [0.25, 0.3) is 11.1 Å². The van der Waals surface area contributed by atoms with Gasteiger partial charge in [-0.25, -0.2) is 9.59 Å². The molecule has 0 heterocycles. The van der Waals surface area contributed by atoms with Gasteiger partial charge in [-0.3, -0.25) is 0 Å². The molecule has 1 amide bonds. The van der Waals surface area contributed by atoms with Crippen LogP contribution < -0.4 is 5.32 Å². The number of ether oxygens (including phenoxy) is 1. The molecule has 0 unspecified atom stereocenters. The Morgan fingerprint density at radius 2 is 1.96 bits per heavy atom. The number of carbonyl (C=O) groups excluding carboxylic acids is 1. The van der Waals surface area contributed by atoms with E-state index in [4.69, 9.17) is 9.84 Å². The molecule has 130 valence electrons. The topological polar surface area (TPSA) is 75.6 Å². The first-order chi connectivity index (χ1) is 12.1. The minimum Gasteiger partial charge on any atom is -0.480 e. The standard InChI is InChI=1S/C19H19NO4S/c1-25-11-17(18(21)22)20-19(23)24-10-13-6-4-8-15-14-7-3-2-5-12(14)9-16(13)15/h2-8,17H,9-11H2,1H3,(H,20,23)(H,21,22)/t17-/m0/s1. The van der Waals surface area contributed by atoms with Crippen LogP contribution in [0, 0.1) is 0 Å². The van der Waals surface area contributed by atoms with Gasteiger partial charge in [0, 0.05) is 5.75 Å². The summed E-state index contributed by atoms with van der Waals surface area (Å²) in [6.45, 7) is 0.120. The maximum Gasteiger partial charge on any atom is 0.408 e. The SMILES string of the molecule is CSC[C@H](NC(=O)OCc1cccc2c1Cc1ccccc1-2)C(=O)O. The Kier molecular flexibility index (Phi) is 5.28. The molecule has 2 aromatic carbocycles. The fraction of sp³-hybridized carbons (Fsp3) is 0.263. The molecule has 1 aliphatic carbocycles. The molecule has 3 rings (SSSR count). The van der Waals surface area contributed by atoms with E-state index in [1.54, 1.807) is 6.26 Å². The van der Waals surface area contributed by atoms with Gasteiger partial charge in [-0.1, -0.05) is 42.5 Å². The van der Waals surface area contributed by atoms with E-state index in [9.17, 15) is 9.59 Å². The van der Waals surface area contributed by atoms with E-state index >= 15 is 0 Å². The van der Waals surface area contributed by atoms with Crippen LogP contribution in [0.15, 0.2) is 42.5 Å². The van der Waals surface area contributed by atoms with Crippen molar-refractivity contribution in [2.45, 2.75) is 19.1 Å². The molecule has 6 heteroatoms. The maximum absolute atomic E-state index is 11.9. The molecule has 0 aliphatic heterocycles. The highest BCUT2D eigenvalue weighted by molar-refractivity contribution is 7.98. The lowest BCUT2D eigenvalue weighted by molar-refractivity contribution is -0.138. The zero-order valence-corrected chi connectivity index (χ0v) is 14.6. The Labute approximate surface area is 150 Å². The molecule has 0 spiro atoms. The number of carboxylic acids is 1. The first kappa shape index (κ1) is 17.4. The van der Waals surface area contributed by atoms with E-state index in [0.29, 0.717) is 5.75 Å². The predicted molar refractivity (Wildman–Crippen MR) is 97.8 cm³/mol. The lowest BCUT2D eigenvalue weighted by Crippen LogP contribution is -2.42. The number of carboxylic acid groups (broad SMARTS) is 1. The third kappa shape index (κ3) is 3.79. The Morgan fingerprint density at radius 1 is 1.20 bits per heavy atom. The number of aliphatic carboxylic acids is 1. The van der Waals surface area contributed by atoms with Crippen LogP contribution in [0.5, 0.6) is 0 Å². The average Bonchev–Trinajstić information content (AvgIpc) is 2.99. The number of benzene rings is 2. The molecule has 2 N–H and O–H groups in total. The molecule has 0 radical (unpaired) electrons. The minimum absolute atomic E-state index is 0.120. The smallest absolute Gasteiger partial charge is 0.408 e. The van der Waals surface area contributed by atoms with Gasteiger partial charge >= 0.3 is 12.1 Å². The van der Waals surface area contributed by atoms with Gasteiger partial charge in [-0.05, 0) is 40.5 Å². The highest BCUT2D eigenvalue weighted by Gasteiger charge is 2.22. The maximum atomic E-state index is 11.9. The predicted octanol–water partition coefficient (Wildman–Crippen LogP) is 3.30. The van der Waals surface area contributed by atoms with E-state index in [-0.39, 0.29) is 6.61 Å². The van der Waals surface area contributed by atoms with Gasteiger partial charge in [0.05, 0.1) is 0 Å². The number of rotatable bonds is 6. The summed E-state index contributed by atoms with van der Waals surface area (Å²) in [4.78, 5) is 23.0. The van der Waals surface area contributed by atoms with Gasteiger partial charge in [0.1, 0.15) is 12.6 Å². The summed E-state index contributed by atoms with van der Waals surface area (Å²) in [6, 6.07) is 13.2. The van der Waals surface area contributed by atoms with Gasteiger partial charge in [0.15, 0.2) is 0 Å². The number of fused-ring (bicyclic) bond motifs is 3. The van der Waals surface area contributed by atoms with Crippen LogP contribution in [0.1, 0.15) is 16.7 Å². The van der Waals surface area contributed by atoms with Crippen molar-refractivity contribution in [2.75, 3.05) is 12.0 Å². The Hall–Kier alpha value is -2.47. The number of hydrogen-bond donors (Lipinski definition) is 2. The van der Waals surface area contributed by atoms with Gasteiger partial charge in [-0.15, -0.1) is 0 Å². The Balaban J connectivity index is 1.67. The number of nitrogens with one attached hydrogen (secondary N) is 1. The van der Waals surface area contributed by atoms with Crippen molar-refractivity contribution in [3.63, 3.8) is 0 Å². The fourth-order valence-corrected chi connectivity index (χ4v) is 3.59. The van der Waals surface area contributed by atoms with Crippen molar-refractivity contribution < 1.29 is 19.4 Å². The minimum atomic E-state index is -1.07. The van der Waals surface area contributed by atoms with E-state index in [0.717, 1.165) is 17.5 Å².